The highest BCUT2D eigenvalue weighted by Crippen LogP contribution is 2.41. The van der Waals surface area contributed by atoms with Crippen molar-refractivity contribution in [2.45, 2.75) is 6.04 Å². The lowest BCUT2D eigenvalue weighted by Gasteiger charge is -2.29. The molecule has 22 heavy (non-hydrogen) atoms. The summed E-state index contributed by atoms with van der Waals surface area (Å²) >= 11 is 0. The molecule has 0 N–H and O–H groups in total. The van der Waals surface area contributed by atoms with E-state index in [1.54, 1.807) is 36.4 Å². The summed E-state index contributed by atoms with van der Waals surface area (Å²) in [6.45, 7) is 0.149. The van der Waals surface area contributed by atoms with Gasteiger partial charge in [-0.3, -0.25) is 9.69 Å². The standard InChI is InChI=1S/C16H10N2O4/c17-8-11-4-3-10-6-14-15(22-9-21-14)7-12(10)18(11)16(19)13-2-1-5-20-13/h1-7,11H,9H2. The van der Waals surface area contributed by atoms with Crippen LogP contribution in [0.3, 0.4) is 0 Å². The molecule has 6 heteroatoms. The van der Waals surface area contributed by atoms with Gasteiger partial charge in [0.25, 0.3) is 5.91 Å². The Labute approximate surface area is 125 Å². The minimum atomic E-state index is -0.703. The van der Waals surface area contributed by atoms with Crippen LogP contribution >= 0.6 is 0 Å². The van der Waals surface area contributed by atoms with E-state index in [0.717, 1.165) is 5.56 Å². The van der Waals surface area contributed by atoms with E-state index in [-0.39, 0.29) is 18.5 Å². The van der Waals surface area contributed by atoms with Crippen molar-refractivity contribution in [1.82, 2.24) is 0 Å². The third-order valence-electron chi connectivity index (χ3n) is 3.60. The Balaban J connectivity index is 1.85. The molecule has 0 fully saturated rings. The highest BCUT2D eigenvalue weighted by atomic mass is 16.7. The molecule has 1 atom stereocenters. The molecule has 2 aliphatic heterocycles. The summed E-state index contributed by atoms with van der Waals surface area (Å²) < 4.78 is 15.9. The predicted octanol–water partition coefficient (Wildman–Crippen LogP) is 2.57. The maximum Gasteiger partial charge on any atom is 0.295 e. The van der Waals surface area contributed by atoms with Gasteiger partial charge in [-0.15, -0.1) is 0 Å². The number of benzene rings is 1. The Hall–Kier alpha value is -3.20. The van der Waals surface area contributed by atoms with Gasteiger partial charge in [-0.05, 0) is 24.3 Å². The number of hydrogen-bond donors (Lipinski definition) is 0. The molecule has 0 aliphatic carbocycles. The second-order valence-corrected chi connectivity index (χ2v) is 4.85. The Morgan fingerprint density at radius 3 is 2.86 bits per heavy atom. The van der Waals surface area contributed by atoms with Crippen LogP contribution in [-0.4, -0.2) is 18.7 Å². The van der Waals surface area contributed by atoms with E-state index in [1.807, 2.05) is 0 Å². The first-order chi connectivity index (χ1) is 10.8. The molecular formula is C16H10N2O4. The van der Waals surface area contributed by atoms with Gasteiger partial charge in [-0.25, -0.2) is 0 Å². The Morgan fingerprint density at radius 2 is 2.14 bits per heavy atom. The summed E-state index contributed by atoms with van der Waals surface area (Å²) in [4.78, 5) is 14.1. The van der Waals surface area contributed by atoms with Crippen molar-refractivity contribution in [3.8, 4) is 17.6 Å². The fourth-order valence-corrected chi connectivity index (χ4v) is 2.58. The smallest absolute Gasteiger partial charge is 0.295 e. The van der Waals surface area contributed by atoms with Crippen LogP contribution in [0.2, 0.25) is 0 Å². The molecule has 2 aromatic rings. The maximum atomic E-state index is 12.7. The number of amides is 1. The predicted molar refractivity (Wildman–Crippen MR) is 76.5 cm³/mol. The van der Waals surface area contributed by atoms with Crippen molar-refractivity contribution in [2.75, 3.05) is 11.7 Å². The van der Waals surface area contributed by atoms with Gasteiger partial charge in [-0.2, -0.15) is 5.26 Å². The molecule has 1 aromatic carbocycles. The summed E-state index contributed by atoms with van der Waals surface area (Å²) in [6.07, 6.45) is 4.90. The zero-order chi connectivity index (χ0) is 15.1. The van der Waals surface area contributed by atoms with Crippen LogP contribution in [0, 0.1) is 11.3 Å². The highest BCUT2D eigenvalue weighted by molar-refractivity contribution is 6.07. The number of carbonyl (C=O) groups excluding carboxylic acids is 1. The number of hydrogen-bond acceptors (Lipinski definition) is 5. The maximum absolute atomic E-state index is 12.7. The van der Waals surface area contributed by atoms with Crippen molar-refractivity contribution in [1.29, 1.82) is 5.26 Å². The quantitative estimate of drug-likeness (QED) is 0.808. The van der Waals surface area contributed by atoms with Gasteiger partial charge in [0.15, 0.2) is 17.3 Å². The van der Waals surface area contributed by atoms with Crippen molar-refractivity contribution < 1.29 is 18.7 Å². The average Bonchev–Trinajstić information content (AvgIpc) is 3.21. The number of fused-ring (bicyclic) bond motifs is 2. The number of nitriles is 1. The topological polar surface area (TPSA) is 75.7 Å². The van der Waals surface area contributed by atoms with Crippen molar-refractivity contribution in [3.05, 3.63) is 47.9 Å². The molecule has 3 heterocycles. The van der Waals surface area contributed by atoms with E-state index in [1.165, 1.54) is 11.2 Å². The largest absolute Gasteiger partial charge is 0.459 e. The lowest BCUT2D eigenvalue weighted by atomic mass is 10.0. The van der Waals surface area contributed by atoms with Gasteiger partial charge < -0.3 is 13.9 Å². The SMILES string of the molecule is N#CC1C=Cc2cc3c(cc2N1C(=O)c1ccco1)OCO3. The van der Waals surface area contributed by atoms with Crippen LogP contribution in [0.1, 0.15) is 16.1 Å². The molecule has 6 nitrogen and oxygen atoms in total. The fourth-order valence-electron chi connectivity index (χ4n) is 2.58. The van der Waals surface area contributed by atoms with Crippen LogP contribution < -0.4 is 14.4 Å². The van der Waals surface area contributed by atoms with Gasteiger partial charge in [0, 0.05) is 11.6 Å². The summed E-state index contributed by atoms with van der Waals surface area (Å²) in [5, 5.41) is 9.35. The monoisotopic (exact) mass is 294 g/mol. The van der Waals surface area contributed by atoms with Crippen LogP contribution in [0.15, 0.2) is 41.0 Å². The molecule has 1 unspecified atom stereocenters. The lowest BCUT2D eigenvalue weighted by molar-refractivity contribution is 0.0958. The molecule has 0 saturated carbocycles. The third-order valence-corrected chi connectivity index (χ3v) is 3.60. The van der Waals surface area contributed by atoms with Crippen molar-refractivity contribution in [3.63, 3.8) is 0 Å². The molecule has 1 amide bonds. The molecular weight excluding hydrogens is 284 g/mol. The average molecular weight is 294 g/mol. The summed E-state index contributed by atoms with van der Waals surface area (Å²) in [6, 6.07) is 8.12. The second kappa shape index (κ2) is 4.67. The molecule has 0 saturated heterocycles. The minimum absolute atomic E-state index is 0.149. The van der Waals surface area contributed by atoms with Crippen LogP contribution in [0.5, 0.6) is 11.5 Å². The van der Waals surface area contributed by atoms with Crippen LogP contribution in [0.4, 0.5) is 5.69 Å². The third kappa shape index (κ3) is 1.76. The van der Waals surface area contributed by atoms with E-state index >= 15 is 0 Å². The molecule has 4 rings (SSSR count). The summed E-state index contributed by atoms with van der Waals surface area (Å²) in [7, 11) is 0. The summed E-state index contributed by atoms with van der Waals surface area (Å²) in [5.74, 6) is 0.993. The number of rotatable bonds is 1. The van der Waals surface area contributed by atoms with E-state index < -0.39 is 6.04 Å². The van der Waals surface area contributed by atoms with E-state index in [0.29, 0.717) is 17.2 Å². The van der Waals surface area contributed by atoms with E-state index in [4.69, 9.17) is 13.9 Å². The second-order valence-electron chi connectivity index (χ2n) is 4.85. The zero-order valence-corrected chi connectivity index (χ0v) is 11.4. The number of nitrogens with zero attached hydrogens (tertiary/aromatic N) is 2. The number of ether oxygens (including phenoxy) is 2. The normalized spacial score (nSPS) is 18.0. The van der Waals surface area contributed by atoms with Crippen LogP contribution in [-0.2, 0) is 0 Å². The van der Waals surface area contributed by atoms with Crippen molar-refractivity contribution >= 4 is 17.7 Å². The Kier molecular flexibility index (Phi) is 2.66. The van der Waals surface area contributed by atoms with Gasteiger partial charge in [0.1, 0.15) is 6.04 Å². The van der Waals surface area contributed by atoms with E-state index in [9.17, 15) is 10.1 Å². The Morgan fingerprint density at radius 1 is 1.32 bits per heavy atom. The lowest BCUT2D eigenvalue weighted by Crippen LogP contribution is -2.40. The van der Waals surface area contributed by atoms with Gasteiger partial charge in [-0.1, -0.05) is 6.08 Å². The van der Waals surface area contributed by atoms with Crippen LogP contribution in [0.25, 0.3) is 6.08 Å². The molecule has 0 bridgehead atoms. The minimum Gasteiger partial charge on any atom is -0.459 e. The summed E-state index contributed by atoms with van der Waals surface area (Å²) in [5.41, 5.74) is 1.38. The highest BCUT2D eigenvalue weighted by Gasteiger charge is 2.32. The van der Waals surface area contributed by atoms with Gasteiger partial charge in [0.2, 0.25) is 6.79 Å². The number of anilines is 1. The van der Waals surface area contributed by atoms with Crippen molar-refractivity contribution in [2.24, 2.45) is 0 Å². The molecule has 0 spiro atoms. The first kappa shape index (κ1) is 12.5. The molecule has 108 valence electrons. The fraction of sp³-hybridized carbons (Fsp3) is 0.125. The number of carbonyl (C=O) groups is 1. The number of furan rings is 1. The molecule has 2 aliphatic rings. The van der Waals surface area contributed by atoms with Gasteiger partial charge >= 0.3 is 0 Å². The van der Waals surface area contributed by atoms with E-state index in [2.05, 4.69) is 6.07 Å². The first-order valence-electron chi connectivity index (χ1n) is 6.66. The molecule has 1 aromatic heterocycles. The Bertz CT molecular complexity index is 817. The molecule has 0 radical (unpaired) electrons. The zero-order valence-electron chi connectivity index (χ0n) is 11.4. The van der Waals surface area contributed by atoms with Gasteiger partial charge in [0.05, 0.1) is 18.0 Å². The first-order valence-corrected chi connectivity index (χ1v) is 6.66.